The lowest BCUT2D eigenvalue weighted by Gasteiger charge is -2.25. The van der Waals surface area contributed by atoms with Crippen LogP contribution in [0.2, 0.25) is 0 Å². The summed E-state index contributed by atoms with van der Waals surface area (Å²) in [5, 5.41) is 4.11. The summed E-state index contributed by atoms with van der Waals surface area (Å²) >= 11 is 0. The minimum Gasteiger partial charge on any atom is -0.347 e. The smallest absolute Gasteiger partial charge is 0.257 e. The van der Waals surface area contributed by atoms with Gasteiger partial charge >= 0.3 is 0 Å². The predicted molar refractivity (Wildman–Crippen MR) is 80.6 cm³/mol. The molecule has 0 fully saturated rings. The molecular weight excluding hydrogens is 297 g/mol. The number of halogens is 1. The number of para-hydroxylation sites is 1. The van der Waals surface area contributed by atoms with Crippen LogP contribution in [0, 0.1) is 5.82 Å². The molecule has 4 rings (SSSR count). The number of nitrogens with one attached hydrogen (secondary N) is 1. The quantitative estimate of drug-likeness (QED) is 0.786. The summed E-state index contributed by atoms with van der Waals surface area (Å²) in [7, 11) is 0. The van der Waals surface area contributed by atoms with Gasteiger partial charge < -0.3 is 9.88 Å². The Balaban J connectivity index is 1.58. The van der Waals surface area contributed by atoms with Crippen LogP contribution in [-0.2, 0) is 13.0 Å². The molecule has 0 spiro atoms. The van der Waals surface area contributed by atoms with E-state index in [2.05, 4.69) is 15.1 Å². The maximum Gasteiger partial charge on any atom is 0.257 e. The number of imidazole rings is 1. The number of amides is 1. The lowest BCUT2D eigenvalue weighted by molar-refractivity contribution is 0.0732. The summed E-state index contributed by atoms with van der Waals surface area (Å²) in [5.74, 6) is -0.498. The molecule has 7 heteroatoms. The zero-order valence-corrected chi connectivity index (χ0v) is 12.2. The number of aromatic nitrogens is 4. The van der Waals surface area contributed by atoms with Gasteiger partial charge in [-0.15, -0.1) is 0 Å². The number of benzene rings is 1. The van der Waals surface area contributed by atoms with Crippen LogP contribution in [-0.4, -0.2) is 37.1 Å². The molecule has 1 N–H and O–H groups in total. The monoisotopic (exact) mass is 311 g/mol. The molecule has 1 aromatic carbocycles. The molecule has 0 saturated carbocycles. The summed E-state index contributed by atoms with van der Waals surface area (Å²) in [6.07, 6.45) is 5.40. The third-order valence-corrected chi connectivity index (χ3v) is 3.99. The Labute approximate surface area is 131 Å². The molecule has 0 bridgehead atoms. The van der Waals surface area contributed by atoms with E-state index in [4.69, 9.17) is 0 Å². The van der Waals surface area contributed by atoms with Crippen molar-refractivity contribution in [3.05, 3.63) is 65.8 Å². The van der Waals surface area contributed by atoms with E-state index in [1.165, 1.54) is 16.9 Å². The Morgan fingerprint density at radius 1 is 1.30 bits per heavy atom. The minimum atomic E-state index is -0.380. The second kappa shape index (κ2) is 5.35. The number of nitrogens with zero attached hydrogens (tertiary/aromatic N) is 4. The van der Waals surface area contributed by atoms with E-state index >= 15 is 0 Å². The summed E-state index contributed by atoms with van der Waals surface area (Å²) in [6.45, 7) is 1.11. The number of H-pyrrole nitrogens is 1. The van der Waals surface area contributed by atoms with Crippen molar-refractivity contribution in [1.82, 2.24) is 24.6 Å². The molecule has 23 heavy (non-hydrogen) atoms. The molecule has 2 aromatic heterocycles. The van der Waals surface area contributed by atoms with Gasteiger partial charge in [0.15, 0.2) is 0 Å². The van der Waals surface area contributed by atoms with Gasteiger partial charge in [-0.1, -0.05) is 12.1 Å². The number of hydrogen-bond donors (Lipinski definition) is 1. The molecule has 3 aromatic rings. The topological polar surface area (TPSA) is 66.8 Å². The third kappa shape index (κ3) is 2.40. The molecule has 6 nitrogen and oxygen atoms in total. The molecule has 1 amide bonds. The van der Waals surface area contributed by atoms with E-state index in [0.717, 1.165) is 17.8 Å². The Morgan fingerprint density at radius 3 is 3.04 bits per heavy atom. The van der Waals surface area contributed by atoms with Crippen molar-refractivity contribution >= 4 is 5.91 Å². The second-order valence-corrected chi connectivity index (χ2v) is 5.43. The fourth-order valence-electron chi connectivity index (χ4n) is 2.77. The van der Waals surface area contributed by atoms with Crippen LogP contribution in [0.15, 0.2) is 43.0 Å². The zero-order chi connectivity index (χ0) is 15.8. The van der Waals surface area contributed by atoms with Gasteiger partial charge in [0.2, 0.25) is 0 Å². The van der Waals surface area contributed by atoms with Crippen molar-refractivity contribution in [3.63, 3.8) is 0 Å². The summed E-state index contributed by atoms with van der Waals surface area (Å²) in [4.78, 5) is 21.6. The first-order chi connectivity index (χ1) is 11.2. The maximum absolute atomic E-state index is 13.8. The van der Waals surface area contributed by atoms with Gasteiger partial charge in [0.25, 0.3) is 5.91 Å². The number of carbonyl (C=O) groups is 1. The molecule has 116 valence electrons. The molecule has 1 aliphatic heterocycles. The Morgan fingerprint density at radius 2 is 2.17 bits per heavy atom. The van der Waals surface area contributed by atoms with Gasteiger partial charge in [-0.25, -0.2) is 14.1 Å². The lowest BCUT2D eigenvalue weighted by Crippen LogP contribution is -2.35. The molecule has 3 heterocycles. The molecular formula is C16H14FN5O. The van der Waals surface area contributed by atoms with Gasteiger partial charge in [0, 0.05) is 19.2 Å². The van der Waals surface area contributed by atoms with Gasteiger partial charge in [-0.2, -0.15) is 5.10 Å². The average Bonchev–Trinajstić information content (AvgIpc) is 3.23. The van der Waals surface area contributed by atoms with Crippen molar-refractivity contribution in [2.45, 2.75) is 13.0 Å². The second-order valence-electron chi connectivity index (χ2n) is 5.43. The Hall–Kier alpha value is -2.96. The maximum atomic E-state index is 13.8. The van der Waals surface area contributed by atoms with E-state index in [0.29, 0.717) is 24.3 Å². The SMILES string of the molecule is O=C(c1cnn(-c2ccccc2F)c1)N1CCc2nc[nH]c2C1. The fourth-order valence-corrected chi connectivity index (χ4v) is 2.77. The Kier molecular flexibility index (Phi) is 3.18. The molecule has 0 unspecified atom stereocenters. The van der Waals surface area contributed by atoms with Crippen LogP contribution >= 0.6 is 0 Å². The minimum absolute atomic E-state index is 0.118. The number of aromatic amines is 1. The lowest BCUT2D eigenvalue weighted by atomic mass is 10.1. The highest BCUT2D eigenvalue weighted by molar-refractivity contribution is 5.93. The van der Waals surface area contributed by atoms with Gasteiger partial charge in [0.05, 0.1) is 36.0 Å². The summed E-state index contributed by atoms with van der Waals surface area (Å²) in [6, 6.07) is 6.33. The highest BCUT2D eigenvalue weighted by atomic mass is 19.1. The zero-order valence-electron chi connectivity index (χ0n) is 12.2. The van der Waals surface area contributed by atoms with Crippen molar-refractivity contribution in [3.8, 4) is 5.69 Å². The van der Waals surface area contributed by atoms with E-state index in [9.17, 15) is 9.18 Å². The van der Waals surface area contributed by atoms with Crippen LogP contribution in [0.4, 0.5) is 4.39 Å². The molecule has 0 aliphatic carbocycles. The van der Waals surface area contributed by atoms with E-state index < -0.39 is 0 Å². The van der Waals surface area contributed by atoms with Crippen molar-refractivity contribution < 1.29 is 9.18 Å². The van der Waals surface area contributed by atoms with Gasteiger partial charge in [0.1, 0.15) is 11.5 Å². The predicted octanol–water partition coefficient (Wildman–Crippen LogP) is 1.93. The number of carbonyl (C=O) groups excluding carboxylic acids is 1. The van der Waals surface area contributed by atoms with Gasteiger partial charge in [-0.05, 0) is 12.1 Å². The first kappa shape index (κ1) is 13.7. The summed E-state index contributed by atoms with van der Waals surface area (Å²) < 4.78 is 15.2. The molecule has 0 atom stereocenters. The first-order valence-electron chi connectivity index (χ1n) is 7.32. The van der Waals surface area contributed by atoms with E-state index in [1.54, 1.807) is 35.6 Å². The standard InChI is InChI=1S/C16H14FN5O/c17-12-3-1-2-4-15(12)22-8-11(7-20-22)16(23)21-6-5-13-14(9-21)19-10-18-13/h1-4,7-8,10H,5-6,9H2,(H,18,19). The summed E-state index contributed by atoms with van der Waals surface area (Å²) in [5.41, 5.74) is 2.74. The molecule has 1 aliphatic rings. The van der Waals surface area contributed by atoms with Crippen molar-refractivity contribution in [2.75, 3.05) is 6.54 Å². The highest BCUT2D eigenvalue weighted by Gasteiger charge is 2.24. The van der Waals surface area contributed by atoms with E-state index in [1.807, 2.05) is 0 Å². The number of hydrogen-bond acceptors (Lipinski definition) is 3. The Bertz CT molecular complexity index is 869. The molecule has 0 saturated heterocycles. The van der Waals surface area contributed by atoms with Crippen LogP contribution in [0.5, 0.6) is 0 Å². The van der Waals surface area contributed by atoms with Gasteiger partial charge in [-0.3, -0.25) is 4.79 Å². The normalized spacial score (nSPS) is 13.9. The largest absolute Gasteiger partial charge is 0.347 e. The van der Waals surface area contributed by atoms with Crippen molar-refractivity contribution in [2.24, 2.45) is 0 Å². The van der Waals surface area contributed by atoms with Crippen molar-refractivity contribution in [1.29, 1.82) is 0 Å². The van der Waals surface area contributed by atoms with E-state index in [-0.39, 0.29) is 11.7 Å². The third-order valence-electron chi connectivity index (χ3n) is 3.99. The average molecular weight is 311 g/mol. The first-order valence-corrected chi connectivity index (χ1v) is 7.32. The fraction of sp³-hybridized carbons (Fsp3) is 0.188. The molecule has 0 radical (unpaired) electrons. The van der Waals surface area contributed by atoms with Crippen LogP contribution < -0.4 is 0 Å². The van der Waals surface area contributed by atoms with Crippen LogP contribution in [0.3, 0.4) is 0 Å². The number of rotatable bonds is 2. The highest BCUT2D eigenvalue weighted by Crippen LogP contribution is 2.18. The van der Waals surface area contributed by atoms with Crippen LogP contribution in [0.25, 0.3) is 5.69 Å². The number of fused-ring (bicyclic) bond motifs is 1. The van der Waals surface area contributed by atoms with Crippen LogP contribution in [0.1, 0.15) is 21.7 Å².